The van der Waals surface area contributed by atoms with Gasteiger partial charge in [-0.25, -0.2) is 0 Å². The van der Waals surface area contributed by atoms with Crippen LogP contribution in [-0.4, -0.2) is 28.2 Å². The monoisotopic (exact) mass is 356 g/mol. The van der Waals surface area contributed by atoms with Crippen molar-refractivity contribution in [1.82, 2.24) is 0 Å². The first-order chi connectivity index (χ1) is 12.9. The Morgan fingerprint density at radius 1 is 0.926 bits per heavy atom. The van der Waals surface area contributed by atoms with E-state index in [0.29, 0.717) is 0 Å². The van der Waals surface area contributed by atoms with Crippen molar-refractivity contribution in [2.75, 3.05) is 38.0 Å². The number of hydrogen-bond acceptors (Lipinski definition) is 2. The first-order valence-electron chi connectivity index (χ1n) is 9.60. The molecule has 2 aromatic carbocycles. The van der Waals surface area contributed by atoms with Gasteiger partial charge in [-0.3, -0.25) is 0 Å². The number of fused-ring (bicyclic) bond motifs is 3. The second-order valence-electron chi connectivity index (χ2n) is 8.14. The van der Waals surface area contributed by atoms with Crippen molar-refractivity contribution in [2.24, 2.45) is 0 Å². The minimum atomic E-state index is 1.01. The molecule has 0 saturated carbocycles. The van der Waals surface area contributed by atoms with Crippen LogP contribution in [0.4, 0.5) is 11.4 Å². The molecule has 0 saturated heterocycles. The van der Waals surface area contributed by atoms with Gasteiger partial charge in [0.2, 0.25) is 0 Å². The summed E-state index contributed by atoms with van der Waals surface area (Å²) < 4.78 is 0. The van der Waals surface area contributed by atoms with E-state index in [1.54, 1.807) is 0 Å². The average molecular weight is 357 g/mol. The molecule has 2 aliphatic rings. The average Bonchev–Trinajstić information content (AvgIpc) is 3.26. The van der Waals surface area contributed by atoms with Crippen LogP contribution < -0.4 is 20.2 Å². The molecule has 0 radical (unpaired) electrons. The molecule has 2 aliphatic carbocycles. The van der Waals surface area contributed by atoms with E-state index in [9.17, 15) is 0 Å². The van der Waals surface area contributed by atoms with Crippen LogP contribution in [-0.2, 0) is 0 Å². The van der Waals surface area contributed by atoms with Gasteiger partial charge in [-0.1, -0.05) is 29.9 Å². The van der Waals surface area contributed by atoms with Crippen molar-refractivity contribution in [3.05, 3.63) is 64.1 Å². The van der Waals surface area contributed by atoms with Crippen LogP contribution in [0, 0.1) is 0 Å². The molecule has 0 heterocycles. The fourth-order valence-electron chi connectivity index (χ4n) is 4.21. The van der Waals surface area contributed by atoms with E-state index in [1.807, 2.05) is 0 Å². The molecule has 27 heavy (non-hydrogen) atoms. The van der Waals surface area contributed by atoms with E-state index in [1.165, 1.54) is 55.2 Å². The van der Waals surface area contributed by atoms with Crippen LogP contribution in [0.1, 0.15) is 31.4 Å². The zero-order chi connectivity index (χ0) is 19.3. The van der Waals surface area contributed by atoms with Crippen molar-refractivity contribution in [1.29, 1.82) is 0 Å². The van der Waals surface area contributed by atoms with E-state index in [2.05, 4.69) is 100 Å². The summed E-state index contributed by atoms with van der Waals surface area (Å²) in [6, 6.07) is 9.20. The van der Waals surface area contributed by atoms with Gasteiger partial charge in [0.15, 0.2) is 0 Å². The number of nitrogens with zero attached hydrogens (tertiary/aromatic N) is 2. The van der Waals surface area contributed by atoms with Gasteiger partial charge in [-0.2, -0.15) is 0 Å². The molecule has 0 N–H and O–H groups in total. The molecule has 0 spiro atoms. The first kappa shape index (κ1) is 17.7. The minimum absolute atomic E-state index is 1.01. The van der Waals surface area contributed by atoms with Crippen LogP contribution in [0.25, 0.3) is 28.3 Å². The van der Waals surface area contributed by atoms with Gasteiger partial charge in [0.25, 0.3) is 0 Å². The Morgan fingerprint density at radius 2 is 1.70 bits per heavy atom. The van der Waals surface area contributed by atoms with E-state index < -0.39 is 0 Å². The molecule has 0 atom stereocenters. The van der Waals surface area contributed by atoms with Crippen molar-refractivity contribution in [3.63, 3.8) is 0 Å². The topological polar surface area (TPSA) is 6.48 Å². The summed E-state index contributed by atoms with van der Waals surface area (Å²) in [6.07, 6.45) is 10.1. The quantitative estimate of drug-likeness (QED) is 0.695. The largest absolute Gasteiger partial charge is 0.378 e. The fraction of sp³-hybridized carbons (Fsp3) is 0.280. The molecule has 0 fully saturated rings. The molecule has 0 unspecified atom stereocenters. The lowest BCUT2D eigenvalue weighted by molar-refractivity contribution is 1.11. The summed E-state index contributed by atoms with van der Waals surface area (Å²) in [7, 11) is 8.52. The molecular formula is C25H28N2. The van der Waals surface area contributed by atoms with Gasteiger partial charge in [-0.15, -0.1) is 0 Å². The summed E-state index contributed by atoms with van der Waals surface area (Å²) >= 11 is 0. The van der Waals surface area contributed by atoms with Crippen LogP contribution >= 0.6 is 0 Å². The maximum atomic E-state index is 2.39. The first-order valence-corrected chi connectivity index (χ1v) is 9.60. The molecule has 4 rings (SSSR count). The Hall–Kier alpha value is -2.74. The van der Waals surface area contributed by atoms with Gasteiger partial charge < -0.3 is 9.80 Å². The number of allylic oxidation sites excluding steroid dienone is 4. The Morgan fingerprint density at radius 3 is 2.30 bits per heavy atom. The lowest BCUT2D eigenvalue weighted by Crippen LogP contribution is -2.27. The minimum Gasteiger partial charge on any atom is -0.378 e. The summed E-state index contributed by atoms with van der Waals surface area (Å²) in [5.41, 5.74) is 10.8. The summed E-state index contributed by atoms with van der Waals surface area (Å²) in [4.78, 5) is 4.45. The SMILES string of the molecule is CC(C)=c1cc2c(c(C3=CC=CC3)c1N(C)C)=Cc1cc(N(C)C)ccc1-2. The second-order valence-corrected chi connectivity index (χ2v) is 8.14. The van der Waals surface area contributed by atoms with Gasteiger partial charge in [0, 0.05) is 39.4 Å². The molecule has 138 valence electrons. The highest BCUT2D eigenvalue weighted by molar-refractivity contribution is 5.93. The zero-order valence-electron chi connectivity index (χ0n) is 17.2. The molecule has 0 amide bonds. The lowest BCUT2D eigenvalue weighted by Gasteiger charge is -2.22. The molecule has 0 aromatic heterocycles. The lowest BCUT2D eigenvalue weighted by atomic mass is 9.93. The molecule has 2 nitrogen and oxygen atoms in total. The summed E-state index contributed by atoms with van der Waals surface area (Å²) in [5.74, 6) is 0. The predicted molar refractivity (Wildman–Crippen MR) is 120 cm³/mol. The highest BCUT2D eigenvalue weighted by atomic mass is 15.1. The molecule has 2 aromatic rings. The van der Waals surface area contributed by atoms with E-state index in [4.69, 9.17) is 0 Å². The third kappa shape index (κ3) is 2.80. The third-order valence-corrected chi connectivity index (χ3v) is 5.56. The maximum absolute atomic E-state index is 2.39. The van der Waals surface area contributed by atoms with Gasteiger partial charge in [0.1, 0.15) is 0 Å². The Labute approximate surface area is 162 Å². The van der Waals surface area contributed by atoms with Crippen LogP contribution in [0.5, 0.6) is 0 Å². The molecule has 0 bridgehead atoms. The number of benzene rings is 2. The van der Waals surface area contributed by atoms with E-state index in [0.717, 1.165) is 6.42 Å². The van der Waals surface area contributed by atoms with Crippen LogP contribution in [0.3, 0.4) is 0 Å². The number of rotatable bonds is 3. The molecule has 2 heteroatoms. The van der Waals surface area contributed by atoms with Crippen LogP contribution in [0.15, 0.2) is 42.5 Å². The van der Waals surface area contributed by atoms with Crippen molar-refractivity contribution in [2.45, 2.75) is 20.3 Å². The standard InChI is InChI=1S/C25H28N2/c1-16(2)21-15-22-20-12-11-19(26(3)4)13-18(20)14-23(22)24(25(21)27(5)6)17-9-7-8-10-17/h7-9,11-15H,10H2,1-6H3. The van der Waals surface area contributed by atoms with Crippen molar-refractivity contribution < 1.29 is 0 Å². The van der Waals surface area contributed by atoms with Crippen molar-refractivity contribution >= 4 is 28.6 Å². The highest BCUT2D eigenvalue weighted by Gasteiger charge is 2.22. The fourth-order valence-corrected chi connectivity index (χ4v) is 4.21. The molecular weight excluding hydrogens is 328 g/mol. The van der Waals surface area contributed by atoms with Crippen LogP contribution in [0.2, 0.25) is 0 Å². The Kier molecular flexibility index (Phi) is 4.22. The second kappa shape index (κ2) is 6.45. The highest BCUT2D eigenvalue weighted by Crippen LogP contribution is 2.35. The third-order valence-electron chi connectivity index (χ3n) is 5.56. The summed E-state index contributed by atoms with van der Waals surface area (Å²) in [5, 5.41) is 2.71. The Bertz CT molecular complexity index is 1110. The van der Waals surface area contributed by atoms with Gasteiger partial charge >= 0.3 is 0 Å². The van der Waals surface area contributed by atoms with E-state index >= 15 is 0 Å². The normalized spacial score (nSPS) is 13.8. The summed E-state index contributed by atoms with van der Waals surface area (Å²) in [6.45, 7) is 4.43. The maximum Gasteiger partial charge on any atom is 0.0517 e. The number of hydrogen-bond donors (Lipinski definition) is 0. The van der Waals surface area contributed by atoms with Gasteiger partial charge in [0.05, 0.1) is 5.69 Å². The Balaban J connectivity index is 2.11. The van der Waals surface area contributed by atoms with E-state index in [-0.39, 0.29) is 0 Å². The van der Waals surface area contributed by atoms with Crippen molar-refractivity contribution in [3.8, 4) is 11.1 Å². The smallest absolute Gasteiger partial charge is 0.0517 e. The molecule has 0 aliphatic heterocycles. The van der Waals surface area contributed by atoms with Gasteiger partial charge in [-0.05, 0) is 77.2 Å². The number of anilines is 2. The zero-order valence-corrected chi connectivity index (χ0v) is 17.2. The predicted octanol–water partition coefficient (Wildman–Crippen LogP) is 4.16.